The fourth-order valence-corrected chi connectivity index (χ4v) is 2.33. The van der Waals surface area contributed by atoms with Crippen molar-refractivity contribution >= 4 is 43.5 Å². The molecule has 1 fully saturated rings. The van der Waals surface area contributed by atoms with Crippen LogP contribution in [0.1, 0.15) is 0 Å². The Labute approximate surface area is 99.3 Å². The third-order valence-electron chi connectivity index (χ3n) is 1.85. The van der Waals surface area contributed by atoms with Gasteiger partial charge in [0, 0.05) is 22.0 Å². The van der Waals surface area contributed by atoms with Crippen molar-refractivity contribution in [3.63, 3.8) is 0 Å². The highest BCUT2D eigenvalue weighted by Crippen LogP contribution is 2.28. The van der Waals surface area contributed by atoms with E-state index in [0.717, 1.165) is 33.7 Å². The van der Waals surface area contributed by atoms with E-state index in [1.807, 2.05) is 18.2 Å². The molecule has 0 aliphatic carbocycles. The summed E-state index contributed by atoms with van der Waals surface area (Å²) in [6.45, 7) is 1.87. The minimum Gasteiger partial charge on any atom is -0.354 e. The number of rotatable bonds is 1. The molecule has 0 radical (unpaired) electrons. The number of hydrogen-bond donors (Lipinski definition) is 2. The lowest BCUT2D eigenvalue weighted by molar-refractivity contribution is 0.942. The van der Waals surface area contributed by atoms with E-state index in [2.05, 4.69) is 47.5 Å². The molecule has 3 nitrogen and oxygen atoms in total. The van der Waals surface area contributed by atoms with Gasteiger partial charge in [-0.1, -0.05) is 15.9 Å². The largest absolute Gasteiger partial charge is 0.354 e. The molecular formula is C9H9Br2N3. The molecule has 1 aromatic carbocycles. The number of nitrogens with zero attached hydrogens (tertiary/aromatic N) is 1. The summed E-state index contributed by atoms with van der Waals surface area (Å²) in [5.74, 6) is 0.841. The molecule has 0 amide bonds. The molecular weight excluding hydrogens is 310 g/mol. The SMILES string of the molecule is Brc1ccc(N=C2NCCN2)c(Br)c1. The van der Waals surface area contributed by atoms with Gasteiger partial charge in [-0.05, 0) is 34.1 Å². The molecule has 0 saturated carbocycles. The second-order valence-corrected chi connectivity index (χ2v) is 4.68. The predicted octanol–water partition coefficient (Wildman–Crippen LogP) is 2.39. The Bertz CT molecular complexity index is 368. The number of benzene rings is 1. The van der Waals surface area contributed by atoms with Crippen molar-refractivity contribution < 1.29 is 0 Å². The molecule has 1 heterocycles. The molecule has 2 rings (SSSR count). The number of hydrogen-bond acceptors (Lipinski definition) is 1. The van der Waals surface area contributed by atoms with Crippen LogP contribution in [0.2, 0.25) is 0 Å². The van der Waals surface area contributed by atoms with Crippen molar-refractivity contribution in [3.8, 4) is 0 Å². The number of nitrogens with one attached hydrogen (secondary N) is 2. The molecule has 1 aliphatic heterocycles. The summed E-state index contributed by atoms with van der Waals surface area (Å²) < 4.78 is 2.02. The quantitative estimate of drug-likeness (QED) is 0.834. The second-order valence-electron chi connectivity index (χ2n) is 2.91. The monoisotopic (exact) mass is 317 g/mol. The van der Waals surface area contributed by atoms with Crippen LogP contribution in [0.3, 0.4) is 0 Å². The average molecular weight is 319 g/mol. The summed E-state index contributed by atoms with van der Waals surface area (Å²) in [4.78, 5) is 4.43. The first-order chi connectivity index (χ1) is 6.75. The van der Waals surface area contributed by atoms with E-state index in [9.17, 15) is 0 Å². The smallest absolute Gasteiger partial charge is 0.196 e. The van der Waals surface area contributed by atoms with E-state index in [-0.39, 0.29) is 0 Å². The highest BCUT2D eigenvalue weighted by molar-refractivity contribution is 9.11. The molecule has 1 saturated heterocycles. The van der Waals surface area contributed by atoms with Crippen molar-refractivity contribution in [3.05, 3.63) is 27.1 Å². The van der Waals surface area contributed by atoms with E-state index in [1.54, 1.807) is 0 Å². The van der Waals surface area contributed by atoms with Gasteiger partial charge in [0.15, 0.2) is 5.96 Å². The third-order valence-corrected chi connectivity index (χ3v) is 2.98. The zero-order chi connectivity index (χ0) is 9.97. The predicted molar refractivity (Wildman–Crippen MR) is 64.9 cm³/mol. The highest BCUT2D eigenvalue weighted by atomic mass is 79.9. The van der Waals surface area contributed by atoms with E-state index in [1.165, 1.54) is 0 Å². The van der Waals surface area contributed by atoms with Crippen molar-refractivity contribution in [2.24, 2.45) is 4.99 Å². The van der Waals surface area contributed by atoms with Crippen LogP contribution in [0.5, 0.6) is 0 Å². The summed E-state index contributed by atoms with van der Waals surface area (Å²) in [7, 11) is 0. The maximum absolute atomic E-state index is 4.43. The van der Waals surface area contributed by atoms with Crippen LogP contribution in [-0.2, 0) is 0 Å². The van der Waals surface area contributed by atoms with Gasteiger partial charge in [0.05, 0.1) is 5.69 Å². The molecule has 0 spiro atoms. The van der Waals surface area contributed by atoms with Gasteiger partial charge in [-0.3, -0.25) is 0 Å². The number of aliphatic imine (C=N–C) groups is 1. The zero-order valence-electron chi connectivity index (χ0n) is 7.35. The van der Waals surface area contributed by atoms with Gasteiger partial charge >= 0.3 is 0 Å². The van der Waals surface area contributed by atoms with E-state index in [0.29, 0.717) is 0 Å². The minimum atomic E-state index is 0.841. The summed E-state index contributed by atoms with van der Waals surface area (Å²) in [6, 6.07) is 5.91. The van der Waals surface area contributed by atoms with Gasteiger partial charge in [0.1, 0.15) is 0 Å². The van der Waals surface area contributed by atoms with Gasteiger partial charge in [-0.25, -0.2) is 4.99 Å². The standard InChI is InChI=1S/C9H9Br2N3/c10-6-1-2-8(7(11)5-6)14-9-12-3-4-13-9/h1-2,5H,3-4H2,(H2,12,13,14). The number of guanidine groups is 1. The molecule has 2 N–H and O–H groups in total. The molecule has 5 heteroatoms. The second kappa shape index (κ2) is 4.31. The van der Waals surface area contributed by atoms with Crippen LogP contribution in [0.15, 0.2) is 32.1 Å². The van der Waals surface area contributed by atoms with Gasteiger partial charge in [-0.15, -0.1) is 0 Å². The van der Waals surface area contributed by atoms with Crippen LogP contribution < -0.4 is 10.6 Å². The highest BCUT2D eigenvalue weighted by Gasteiger charge is 2.06. The summed E-state index contributed by atoms with van der Waals surface area (Å²) in [5.41, 5.74) is 0.921. The Morgan fingerprint density at radius 3 is 2.50 bits per heavy atom. The minimum absolute atomic E-state index is 0.841. The summed E-state index contributed by atoms with van der Waals surface area (Å²) in [5, 5.41) is 6.31. The van der Waals surface area contributed by atoms with Gasteiger partial charge in [-0.2, -0.15) is 0 Å². The van der Waals surface area contributed by atoms with Crippen LogP contribution in [-0.4, -0.2) is 19.0 Å². The fourth-order valence-electron chi connectivity index (χ4n) is 1.20. The van der Waals surface area contributed by atoms with Crippen molar-refractivity contribution in [1.82, 2.24) is 10.6 Å². The Hall–Kier alpha value is -0.550. The Morgan fingerprint density at radius 2 is 1.86 bits per heavy atom. The first kappa shape index (κ1) is 9.98. The fraction of sp³-hybridized carbons (Fsp3) is 0.222. The molecule has 1 aliphatic rings. The van der Waals surface area contributed by atoms with E-state index >= 15 is 0 Å². The van der Waals surface area contributed by atoms with Crippen LogP contribution in [0, 0.1) is 0 Å². The van der Waals surface area contributed by atoms with Crippen molar-refractivity contribution in [2.75, 3.05) is 13.1 Å². The molecule has 14 heavy (non-hydrogen) atoms. The first-order valence-electron chi connectivity index (χ1n) is 4.27. The Balaban J connectivity index is 2.28. The number of halogens is 2. The lowest BCUT2D eigenvalue weighted by atomic mass is 10.3. The molecule has 0 unspecified atom stereocenters. The van der Waals surface area contributed by atoms with Crippen LogP contribution in [0.4, 0.5) is 5.69 Å². The van der Waals surface area contributed by atoms with Crippen molar-refractivity contribution in [2.45, 2.75) is 0 Å². The average Bonchev–Trinajstić information content (AvgIpc) is 2.62. The normalized spacial score (nSPS) is 14.9. The zero-order valence-corrected chi connectivity index (χ0v) is 10.5. The maximum atomic E-state index is 4.43. The van der Waals surface area contributed by atoms with Gasteiger partial charge in [0.2, 0.25) is 0 Å². The van der Waals surface area contributed by atoms with E-state index < -0.39 is 0 Å². The molecule has 0 atom stereocenters. The van der Waals surface area contributed by atoms with Gasteiger partial charge in [0.25, 0.3) is 0 Å². The molecule has 0 bridgehead atoms. The molecule has 1 aromatic rings. The third kappa shape index (κ3) is 2.27. The van der Waals surface area contributed by atoms with Crippen molar-refractivity contribution in [1.29, 1.82) is 0 Å². The first-order valence-corrected chi connectivity index (χ1v) is 5.86. The van der Waals surface area contributed by atoms with Crippen LogP contribution in [0.25, 0.3) is 0 Å². The lowest BCUT2D eigenvalue weighted by Gasteiger charge is -2.01. The topological polar surface area (TPSA) is 36.4 Å². The molecule has 0 aromatic heterocycles. The lowest BCUT2D eigenvalue weighted by Crippen LogP contribution is -2.23. The Kier molecular flexibility index (Phi) is 3.08. The summed E-state index contributed by atoms with van der Waals surface area (Å²) >= 11 is 6.86. The maximum Gasteiger partial charge on any atom is 0.196 e. The van der Waals surface area contributed by atoms with E-state index in [4.69, 9.17) is 0 Å². The summed E-state index contributed by atoms with van der Waals surface area (Å²) in [6.07, 6.45) is 0. The molecule has 74 valence electrons. The Morgan fingerprint density at radius 1 is 1.14 bits per heavy atom. The van der Waals surface area contributed by atoms with Crippen LogP contribution >= 0.6 is 31.9 Å². The van der Waals surface area contributed by atoms with Gasteiger partial charge < -0.3 is 10.6 Å².